The Balaban J connectivity index is 0.000000215. The van der Waals surface area contributed by atoms with Crippen LogP contribution in [-0.2, 0) is 16.1 Å². The molecule has 3 aromatic rings. The van der Waals surface area contributed by atoms with Crippen LogP contribution in [0.15, 0.2) is 72.6 Å². The molecule has 1 aliphatic carbocycles. The summed E-state index contributed by atoms with van der Waals surface area (Å²) >= 11 is 0. The highest BCUT2D eigenvalue weighted by Gasteiger charge is 2.36. The van der Waals surface area contributed by atoms with Crippen LogP contribution in [0.25, 0.3) is 11.3 Å². The van der Waals surface area contributed by atoms with E-state index in [1.54, 1.807) is 38.3 Å². The summed E-state index contributed by atoms with van der Waals surface area (Å²) in [6.45, 7) is 1.95. The van der Waals surface area contributed by atoms with Gasteiger partial charge in [-0.05, 0) is 42.2 Å². The molecule has 1 heterocycles. The fourth-order valence-electron chi connectivity index (χ4n) is 3.97. The van der Waals surface area contributed by atoms with Gasteiger partial charge in [-0.15, -0.1) is 0 Å². The van der Waals surface area contributed by atoms with Crippen LogP contribution in [0.1, 0.15) is 24.5 Å². The number of allylic oxidation sites excluding steroid dienone is 2. The lowest BCUT2D eigenvalue weighted by Gasteiger charge is -2.26. The molecule has 0 aliphatic heterocycles. The first-order valence-electron chi connectivity index (χ1n) is 11.6. The number of methoxy groups -OCH3 is 3. The maximum absolute atomic E-state index is 11.4. The second-order valence-electron chi connectivity index (χ2n) is 8.71. The smallest absolute Gasteiger partial charge is 0.331 e. The van der Waals surface area contributed by atoms with E-state index in [0.29, 0.717) is 29.4 Å². The first-order valence-corrected chi connectivity index (χ1v) is 11.6. The normalized spacial score (nSPS) is 16.3. The summed E-state index contributed by atoms with van der Waals surface area (Å²) in [5.74, 6) is -0.335. The molecule has 0 saturated heterocycles. The molecule has 10 nitrogen and oxygen atoms in total. The van der Waals surface area contributed by atoms with Crippen LogP contribution in [0.5, 0.6) is 17.2 Å². The van der Waals surface area contributed by atoms with Crippen LogP contribution >= 0.6 is 0 Å². The SMILES string of the molecule is CC1(C(=O)O)C=C(c2ccc(CN)cc2)C=C(C(=O)O)C1.COc1cc(-n2cccn2)cc(OC)c1OC. The number of carboxylic acid groups (broad SMARTS) is 2. The number of aromatic nitrogens is 2. The number of hydrogen-bond acceptors (Lipinski definition) is 7. The molecule has 0 saturated carbocycles. The standard InChI is InChI=1S/C16H17NO4.C12H14N2O3/c1-16(15(20)21)7-12(6-13(8-16)14(18)19)11-4-2-10(9-17)3-5-11;1-15-10-7-9(14-6-4-5-13-14)8-11(16-2)12(10)17-3/h2-7H,8-9,17H2,1H3,(H,18,19)(H,20,21);4-8H,1-3H3. The average molecular weight is 522 g/mol. The Kier molecular flexibility index (Phi) is 8.93. The number of nitrogens with zero attached hydrogens (tertiary/aromatic N) is 2. The minimum absolute atomic E-state index is 0.0257. The van der Waals surface area contributed by atoms with Gasteiger partial charge in [0.1, 0.15) is 0 Å². The van der Waals surface area contributed by atoms with Crippen LogP contribution in [0.4, 0.5) is 0 Å². The monoisotopic (exact) mass is 521 g/mol. The van der Waals surface area contributed by atoms with Crippen molar-refractivity contribution >= 4 is 17.5 Å². The van der Waals surface area contributed by atoms with Gasteiger partial charge in [0.15, 0.2) is 11.5 Å². The number of benzene rings is 2. The summed E-state index contributed by atoms with van der Waals surface area (Å²) < 4.78 is 17.5. The highest BCUT2D eigenvalue weighted by atomic mass is 16.5. The van der Waals surface area contributed by atoms with Crippen LogP contribution in [0.2, 0.25) is 0 Å². The van der Waals surface area contributed by atoms with Crippen molar-refractivity contribution in [1.82, 2.24) is 9.78 Å². The van der Waals surface area contributed by atoms with E-state index >= 15 is 0 Å². The molecule has 0 bridgehead atoms. The van der Waals surface area contributed by atoms with E-state index in [-0.39, 0.29) is 12.0 Å². The third kappa shape index (κ3) is 6.22. The van der Waals surface area contributed by atoms with Gasteiger partial charge >= 0.3 is 11.9 Å². The summed E-state index contributed by atoms with van der Waals surface area (Å²) in [5, 5.41) is 22.7. The number of ether oxygens (including phenoxy) is 3. The van der Waals surface area contributed by atoms with Crippen molar-refractivity contribution in [2.75, 3.05) is 21.3 Å². The van der Waals surface area contributed by atoms with Crippen molar-refractivity contribution in [3.8, 4) is 22.9 Å². The summed E-state index contributed by atoms with van der Waals surface area (Å²) in [6, 6.07) is 12.9. The summed E-state index contributed by atoms with van der Waals surface area (Å²) in [6.07, 6.45) is 6.68. The molecule has 10 heteroatoms. The zero-order valence-corrected chi connectivity index (χ0v) is 21.7. The number of carboxylic acids is 2. The molecular formula is C28H31N3O7. The maximum atomic E-state index is 11.4. The van der Waals surface area contributed by atoms with E-state index in [9.17, 15) is 19.8 Å². The lowest BCUT2D eigenvalue weighted by Crippen LogP contribution is -2.29. The molecular weight excluding hydrogens is 490 g/mol. The van der Waals surface area contributed by atoms with Gasteiger partial charge in [0.05, 0.1) is 32.4 Å². The fourth-order valence-corrected chi connectivity index (χ4v) is 3.97. The number of carbonyl (C=O) groups is 2. The van der Waals surface area contributed by atoms with E-state index in [0.717, 1.165) is 16.8 Å². The van der Waals surface area contributed by atoms with E-state index < -0.39 is 17.4 Å². The molecule has 4 rings (SSSR count). The quantitative estimate of drug-likeness (QED) is 0.401. The van der Waals surface area contributed by atoms with E-state index in [4.69, 9.17) is 19.9 Å². The van der Waals surface area contributed by atoms with Gasteiger partial charge in [-0.25, -0.2) is 9.48 Å². The minimum atomic E-state index is -1.22. The van der Waals surface area contributed by atoms with Gasteiger partial charge in [-0.1, -0.05) is 30.3 Å². The Morgan fingerprint density at radius 1 is 1.05 bits per heavy atom. The van der Waals surface area contributed by atoms with Gasteiger partial charge in [0.25, 0.3) is 0 Å². The summed E-state index contributed by atoms with van der Waals surface area (Å²) in [7, 11) is 4.75. The predicted octanol–water partition coefficient (Wildman–Crippen LogP) is 3.93. The van der Waals surface area contributed by atoms with Crippen LogP contribution in [0, 0.1) is 5.41 Å². The van der Waals surface area contributed by atoms with Gasteiger partial charge in [-0.3, -0.25) is 4.79 Å². The largest absolute Gasteiger partial charge is 0.493 e. The van der Waals surface area contributed by atoms with Crippen LogP contribution in [-0.4, -0.2) is 53.3 Å². The molecule has 1 aromatic heterocycles. The third-order valence-corrected chi connectivity index (χ3v) is 6.07. The fraction of sp³-hybridized carbons (Fsp3) is 0.250. The van der Waals surface area contributed by atoms with Gasteiger partial charge in [0.2, 0.25) is 5.75 Å². The minimum Gasteiger partial charge on any atom is -0.493 e. The second kappa shape index (κ2) is 12.1. The van der Waals surface area contributed by atoms with Crippen molar-refractivity contribution in [3.05, 3.63) is 83.7 Å². The molecule has 0 spiro atoms. The zero-order chi connectivity index (χ0) is 27.9. The van der Waals surface area contributed by atoms with Crippen molar-refractivity contribution in [3.63, 3.8) is 0 Å². The summed E-state index contributed by atoms with van der Waals surface area (Å²) in [4.78, 5) is 22.7. The van der Waals surface area contributed by atoms with E-state index in [2.05, 4.69) is 5.10 Å². The highest BCUT2D eigenvalue weighted by Crippen LogP contribution is 2.39. The third-order valence-electron chi connectivity index (χ3n) is 6.07. The summed E-state index contributed by atoms with van der Waals surface area (Å²) in [5.41, 5.74) is 7.61. The van der Waals surface area contributed by atoms with E-state index in [1.807, 2.05) is 48.7 Å². The average Bonchev–Trinajstić information content (AvgIpc) is 3.47. The Bertz CT molecular complexity index is 1320. The highest BCUT2D eigenvalue weighted by molar-refractivity contribution is 5.96. The topological polar surface area (TPSA) is 146 Å². The first kappa shape index (κ1) is 28.0. The molecule has 0 fully saturated rings. The Morgan fingerprint density at radius 2 is 1.68 bits per heavy atom. The predicted molar refractivity (Wildman–Crippen MR) is 142 cm³/mol. The van der Waals surface area contributed by atoms with Crippen molar-refractivity contribution in [2.45, 2.75) is 19.9 Å². The Labute approximate surface area is 220 Å². The molecule has 38 heavy (non-hydrogen) atoms. The molecule has 4 N–H and O–H groups in total. The molecule has 1 unspecified atom stereocenters. The van der Waals surface area contributed by atoms with Gasteiger partial charge in [0, 0.05) is 36.6 Å². The number of aliphatic carboxylic acids is 2. The molecule has 1 aliphatic rings. The maximum Gasteiger partial charge on any atom is 0.331 e. The molecule has 1 atom stereocenters. The molecule has 0 amide bonds. The lowest BCUT2D eigenvalue weighted by molar-refractivity contribution is -0.145. The Morgan fingerprint density at radius 3 is 2.13 bits per heavy atom. The van der Waals surface area contributed by atoms with Crippen LogP contribution in [0.3, 0.4) is 0 Å². The second-order valence-corrected chi connectivity index (χ2v) is 8.71. The number of nitrogens with two attached hydrogens (primary N) is 1. The van der Waals surface area contributed by atoms with E-state index in [1.165, 1.54) is 13.0 Å². The Hall–Kier alpha value is -4.57. The molecule has 200 valence electrons. The van der Waals surface area contributed by atoms with Crippen molar-refractivity contribution in [2.24, 2.45) is 11.1 Å². The first-order chi connectivity index (χ1) is 18.1. The number of rotatable bonds is 8. The van der Waals surface area contributed by atoms with Crippen LogP contribution < -0.4 is 19.9 Å². The zero-order valence-electron chi connectivity index (χ0n) is 21.7. The van der Waals surface area contributed by atoms with Crippen molar-refractivity contribution in [1.29, 1.82) is 0 Å². The van der Waals surface area contributed by atoms with Gasteiger partial charge < -0.3 is 30.2 Å². The number of hydrogen-bond donors (Lipinski definition) is 3. The molecule has 0 radical (unpaired) electrons. The van der Waals surface area contributed by atoms with Gasteiger partial charge in [-0.2, -0.15) is 5.10 Å². The van der Waals surface area contributed by atoms with Crippen molar-refractivity contribution < 1.29 is 34.0 Å². The molecule has 2 aromatic carbocycles. The lowest BCUT2D eigenvalue weighted by atomic mass is 9.76.